The fraction of sp³-hybridized carbons (Fsp3) is 0.429. The van der Waals surface area contributed by atoms with Crippen LogP contribution in [0.1, 0.15) is 41.5 Å². The first-order valence-electron chi connectivity index (χ1n) is 5.24. The SMILES string of the molecule is CC#CC(C)=C(C)S(=O)(=O)C(C)=C(C)C#CC. The molecule has 0 amide bonds. The van der Waals surface area contributed by atoms with Gasteiger partial charge in [0.2, 0.25) is 0 Å². The molecule has 0 fully saturated rings. The molecule has 0 heterocycles. The number of hydrogen-bond acceptors (Lipinski definition) is 2. The molecule has 17 heavy (non-hydrogen) atoms. The molecule has 0 aliphatic carbocycles. The third-order valence-electron chi connectivity index (χ3n) is 2.49. The van der Waals surface area contributed by atoms with E-state index in [4.69, 9.17) is 0 Å². The summed E-state index contributed by atoms with van der Waals surface area (Å²) < 4.78 is 24.4. The summed E-state index contributed by atoms with van der Waals surface area (Å²) in [5.74, 6) is 10.9. The van der Waals surface area contributed by atoms with Crippen molar-refractivity contribution in [2.75, 3.05) is 0 Å². The van der Waals surface area contributed by atoms with Gasteiger partial charge in [-0.05, 0) is 41.5 Å². The number of hydrogen-bond donors (Lipinski definition) is 0. The van der Waals surface area contributed by atoms with Crippen molar-refractivity contribution in [3.8, 4) is 23.7 Å². The summed E-state index contributed by atoms with van der Waals surface area (Å²) in [6, 6.07) is 0. The van der Waals surface area contributed by atoms with Crippen molar-refractivity contribution in [3.05, 3.63) is 21.0 Å². The van der Waals surface area contributed by atoms with Gasteiger partial charge in [0.1, 0.15) is 0 Å². The lowest BCUT2D eigenvalue weighted by atomic mass is 10.3. The van der Waals surface area contributed by atoms with E-state index in [2.05, 4.69) is 23.7 Å². The van der Waals surface area contributed by atoms with Gasteiger partial charge in [0, 0.05) is 11.1 Å². The first-order chi connectivity index (χ1) is 7.78. The van der Waals surface area contributed by atoms with Crippen molar-refractivity contribution in [2.45, 2.75) is 41.5 Å². The highest BCUT2D eigenvalue weighted by atomic mass is 32.2. The highest BCUT2D eigenvalue weighted by Crippen LogP contribution is 2.22. The lowest BCUT2D eigenvalue weighted by Gasteiger charge is -2.07. The number of sulfone groups is 1. The van der Waals surface area contributed by atoms with Gasteiger partial charge in [-0.15, -0.1) is 11.8 Å². The van der Waals surface area contributed by atoms with Crippen LogP contribution in [0.3, 0.4) is 0 Å². The van der Waals surface area contributed by atoms with Gasteiger partial charge in [-0.1, -0.05) is 11.8 Å². The molecule has 0 aromatic carbocycles. The molecule has 0 aromatic heterocycles. The standard InChI is InChI=1S/C14H18O2S/c1-7-9-11(3)13(5)17(15,16)14(6)12(4)10-8-2/h1-6H3. The smallest absolute Gasteiger partial charge is 0.200 e. The van der Waals surface area contributed by atoms with Crippen LogP contribution in [-0.2, 0) is 9.84 Å². The summed E-state index contributed by atoms with van der Waals surface area (Å²) in [7, 11) is -3.43. The van der Waals surface area contributed by atoms with Crippen LogP contribution >= 0.6 is 0 Å². The van der Waals surface area contributed by atoms with Crippen LogP contribution < -0.4 is 0 Å². The van der Waals surface area contributed by atoms with Crippen LogP contribution in [0.2, 0.25) is 0 Å². The molecule has 92 valence electrons. The van der Waals surface area contributed by atoms with Gasteiger partial charge in [0.25, 0.3) is 0 Å². The Balaban J connectivity index is 5.88. The van der Waals surface area contributed by atoms with Gasteiger partial charge in [0.15, 0.2) is 9.84 Å². The lowest BCUT2D eigenvalue weighted by Crippen LogP contribution is -2.06. The fourth-order valence-electron chi connectivity index (χ4n) is 1.18. The molecule has 0 N–H and O–H groups in total. The minimum Gasteiger partial charge on any atom is -0.219 e. The van der Waals surface area contributed by atoms with Gasteiger partial charge in [-0.25, -0.2) is 8.42 Å². The van der Waals surface area contributed by atoms with Crippen LogP contribution in [0, 0.1) is 23.7 Å². The van der Waals surface area contributed by atoms with Crippen molar-refractivity contribution in [2.24, 2.45) is 0 Å². The fourth-order valence-corrected chi connectivity index (χ4v) is 2.55. The first-order valence-corrected chi connectivity index (χ1v) is 6.72. The van der Waals surface area contributed by atoms with E-state index < -0.39 is 9.84 Å². The lowest BCUT2D eigenvalue weighted by molar-refractivity contribution is 0.607. The molecule has 3 heteroatoms. The van der Waals surface area contributed by atoms with E-state index in [1.165, 1.54) is 0 Å². The summed E-state index contributed by atoms with van der Waals surface area (Å²) in [4.78, 5) is 0.586. The van der Waals surface area contributed by atoms with Crippen molar-refractivity contribution in [1.29, 1.82) is 0 Å². The van der Waals surface area contributed by atoms with Crippen LogP contribution in [-0.4, -0.2) is 8.42 Å². The second kappa shape index (κ2) is 6.33. The summed E-state index contributed by atoms with van der Waals surface area (Å²) in [6.45, 7) is 9.92. The Labute approximate surface area is 105 Å². The summed E-state index contributed by atoms with van der Waals surface area (Å²) in [6.07, 6.45) is 0. The predicted octanol–water partition coefficient (Wildman–Crippen LogP) is 3.04. The summed E-state index contributed by atoms with van der Waals surface area (Å²) in [5.41, 5.74) is 1.15. The quantitative estimate of drug-likeness (QED) is 0.706. The Morgan fingerprint density at radius 1 is 0.765 bits per heavy atom. The Kier molecular flexibility index (Phi) is 5.79. The molecule has 0 unspecified atom stereocenters. The van der Waals surface area contributed by atoms with E-state index in [0.29, 0.717) is 21.0 Å². The molecule has 0 aliphatic rings. The maximum absolute atomic E-state index is 12.2. The highest BCUT2D eigenvalue weighted by molar-refractivity contribution is 7.98. The van der Waals surface area contributed by atoms with Crippen molar-refractivity contribution >= 4 is 9.84 Å². The van der Waals surface area contributed by atoms with E-state index in [0.717, 1.165) is 0 Å². The third-order valence-corrected chi connectivity index (χ3v) is 4.71. The maximum Gasteiger partial charge on any atom is 0.200 e. The molecule has 0 rings (SSSR count). The molecule has 0 bridgehead atoms. The second-order valence-corrected chi connectivity index (χ2v) is 5.85. The summed E-state index contributed by atoms with van der Waals surface area (Å²) >= 11 is 0. The molecule has 0 atom stereocenters. The van der Waals surface area contributed by atoms with E-state index >= 15 is 0 Å². The molecule has 0 aliphatic heterocycles. The van der Waals surface area contributed by atoms with E-state index in [9.17, 15) is 8.42 Å². The zero-order chi connectivity index (χ0) is 13.6. The maximum atomic E-state index is 12.2. The Bertz CT molecular complexity index is 532. The number of rotatable bonds is 2. The van der Waals surface area contributed by atoms with Crippen LogP contribution in [0.25, 0.3) is 0 Å². The van der Waals surface area contributed by atoms with Crippen LogP contribution in [0.15, 0.2) is 21.0 Å². The Morgan fingerprint density at radius 3 is 1.29 bits per heavy atom. The van der Waals surface area contributed by atoms with Crippen molar-refractivity contribution in [3.63, 3.8) is 0 Å². The zero-order valence-electron chi connectivity index (χ0n) is 11.2. The van der Waals surface area contributed by atoms with Gasteiger partial charge in [0.05, 0.1) is 9.81 Å². The minimum absolute atomic E-state index is 0.293. The van der Waals surface area contributed by atoms with Gasteiger partial charge in [-0.3, -0.25) is 0 Å². The largest absolute Gasteiger partial charge is 0.219 e. The normalized spacial score (nSPS) is 13.5. The minimum atomic E-state index is -3.43. The van der Waals surface area contributed by atoms with E-state index in [1.807, 2.05) is 0 Å². The van der Waals surface area contributed by atoms with Crippen LogP contribution in [0.4, 0.5) is 0 Å². The van der Waals surface area contributed by atoms with Crippen molar-refractivity contribution < 1.29 is 8.42 Å². The monoisotopic (exact) mass is 250 g/mol. The molecule has 0 aromatic rings. The van der Waals surface area contributed by atoms with Gasteiger partial charge < -0.3 is 0 Å². The van der Waals surface area contributed by atoms with E-state index in [-0.39, 0.29) is 0 Å². The van der Waals surface area contributed by atoms with Gasteiger partial charge in [-0.2, -0.15) is 0 Å². The highest BCUT2D eigenvalue weighted by Gasteiger charge is 2.19. The van der Waals surface area contributed by atoms with Crippen molar-refractivity contribution in [1.82, 2.24) is 0 Å². The molecule has 0 spiro atoms. The van der Waals surface area contributed by atoms with Gasteiger partial charge >= 0.3 is 0 Å². The molecular weight excluding hydrogens is 232 g/mol. The van der Waals surface area contributed by atoms with E-state index in [1.54, 1.807) is 41.5 Å². The molecular formula is C14H18O2S. The zero-order valence-corrected chi connectivity index (χ0v) is 12.0. The summed E-state index contributed by atoms with van der Waals surface area (Å²) in [5, 5.41) is 0. The average Bonchev–Trinajstić information content (AvgIpc) is 2.27. The Morgan fingerprint density at radius 2 is 1.06 bits per heavy atom. The third kappa shape index (κ3) is 3.80. The molecule has 2 nitrogen and oxygen atoms in total. The molecule has 0 saturated heterocycles. The molecule has 0 saturated carbocycles. The second-order valence-electron chi connectivity index (χ2n) is 3.62. The average molecular weight is 250 g/mol. The number of allylic oxidation sites excluding steroid dienone is 4. The predicted molar refractivity (Wildman–Crippen MR) is 72.6 cm³/mol. The Hall–Kier alpha value is -1.45. The van der Waals surface area contributed by atoms with Crippen LogP contribution in [0.5, 0.6) is 0 Å². The first kappa shape index (κ1) is 15.6. The molecule has 0 radical (unpaired) electrons. The topological polar surface area (TPSA) is 34.1 Å².